The van der Waals surface area contributed by atoms with Crippen LogP contribution in [0.2, 0.25) is 0 Å². The molecule has 0 unspecified atom stereocenters. The first kappa shape index (κ1) is 16.9. The van der Waals surface area contributed by atoms with E-state index in [1.807, 2.05) is 26.3 Å². The van der Waals surface area contributed by atoms with Crippen LogP contribution in [0.5, 0.6) is 5.88 Å². The molecule has 0 spiro atoms. The normalized spacial score (nSPS) is 18.1. The Morgan fingerprint density at radius 3 is 2.96 bits per heavy atom. The van der Waals surface area contributed by atoms with Gasteiger partial charge >= 0.3 is 0 Å². The third-order valence-electron chi connectivity index (χ3n) is 4.32. The van der Waals surface area contributed by atoms with Crippen LogP contribution in [0.4, 0.5) is 5.13 Å². The lowest BCUT2D eigenvalue weighted by Crippen LogP contribution is -2.33. The second-order valence-corrected chi connectivity index (χ2v) is 6.96. The van der Waals surface area contributed by atoms with Crippen LogP contribution in [0.1, 0.15) is 35.8 Å². The number of methoxy groups -OCH3 is 1. The number of amides is 1. The number of carbonyl (C=O) groups is 1. The van der Waals surface area contributed by atoms with E-state index in [9.17, 15) is 4.79 Å². The lowest BCUT2D eigenvalue weighted by atomic mass is 10.1. The Balaban J connectivity index is 1.73. The Morgan fingerprint density at radius 2 is 2.29 bits per heavy atom. The molecule has 3 rings (SSSR count). The first-order valence-corrected chi connectivity index (χ1v) is 8.91. The highest BCUT2D eigenvalue weighted by Crippen LogP contribution is 2.38. The largest absolute Gasteiger partial charge is 0.481 e. The molecule has 7 nitrogen and oxygen atoms in total. The van der Waals surface area contributed by atoms with Gasteiger partial charge in [-0.25, -0.2) is 9.67 Å². The minimum Gasteiger partial charge on any atom is -0.481 e. The van der Waals surface area contributed by atoms with Crippen LogP contribution >= 0.6 is 11.3 Å². The molecule has 0 aromatic carbocycles. The highest BCUT2D eigenvalue weighted by Gasteiger charge is 2.33. The molecule has 1 amide bonds. The summed E-state index contributed by atoms with van der Waals surface area (Å²) in [6.45, 7) is 5.15. The van der Waals surface area contributed by atoms with Crippen LogP contribution in [-0.2, 0) is 11.8 Å². The number of anilines is 1. The average Bonchev–Trinajstić information content (AvgIpc) is 3.19. The summed E-state index contributed by atoms with van der Waals surface area (Å²) in [6, 6.07) is 0.164. The van der Waals surface area contributed by atoms with Crippen LogP contribution in [0.25, 0.3) is 0 Å². The minimum atomic E-state index is -0.0308. The summed E-state index contributed by atoms with van der Waals surface area (Å²) in [5.41, 5.74) is 2.97. The van der Waals surface area contributed by atoms with E-state index in [0.717, 1.165) is 42.2 Å². The number of rotatable bonds is 5. The molecule has 0 bridgehead atoms. The van der Waals surface area contributed by atoms with Gasteiger partial charge in [-0.15, -0.1) is 11.3 Å². The second kappa shape index (κ2) is 6.90. The molecule has 2 aromatic heterocycles. The highest BCUT2D eigenvalue weighted by molar-refractivity contribution is 7.13. The number of ether oxygens (including phenoxy) is 1. The standard InChI is InChI=1S/C16H23N5O2S/c1-10-9-24-16(17-10)18-13(22)8-21-7-5-6-12(21)14-11(2)19-20(3)15(14)23-4/h9,12H,5-8H2,1-4H3,(H,17,18,22)/t12-/m0/s1. The summed E-state index contributed by atoms with van der Waals surface area (Å²) < 4.78 is 7.29. The number of hydrogen-bond donors (Lipinski definition) is 1. The second-order valence-electron chi connectivity index (χ2n) is 6.10. The SMILES string of the molecule is COc1c([C@@H]2CCCN2CC(=O)Nc2nc(C)cs2)c(C)nn1C. The molecule has 1 saturated heterocycles. The van der Waals surface area contributed by atoms with Gasteiger partial charge in [-0.3, -0.25) is 9.69 Å². The molecule has 3 heterocycles. The molecule has 130 valence electrons. The van der Waals surface area contributed by atoms with Crippen molar-refractivity contribution in [3.05, 3.63) is 22.3 Å². The fourth-order valence-electron chi connectivity index (χ4n) is 3.38. The first-order valence-electron chi connectivity index (χ1n) is 8.03. The smallest absolute Gasteiger partial charge is 0.240 e. The van der Waals surface area contributed by atoms with Gasteiger partial charge in [-0.05, 0) is 33.2 Å². The molecule has 1 N–H and O–H groups in total. The Morgan fingerprint density at radius 1 is 1.50 bits per heavy atom. The van der Waals surface area contributed by atoms with Crippen molar-refractivity contribution in [1.82, 2.24) is 19.7 Å². The summed E-state index contributed by atoms with van der Waals surface area (Å²) in [4.78, 5) is 18.8. The van der Waals surface area contributed by atoms with Crippen molar-refractivity contribution in [2.45, 2.75) is 32.7 Å². The molecule has 2 aromatic rings. The topological polar surface area (TPSA) is 72.3 Å². The summed E-state index contributed by atoms with van der Waals surface area (Å²) in [5.74, 6) is 0.747. The van der Waals surface area contributed by atoms with Crippen LogP contribution in [0.15, 0.2) is 5.38 Å². The third-order valence-corrected chi connectivity index (χ3v) is 5.19. The van der Waals surface area contributed by atoms with Gasteiger partial charge in [0.15, 0.2) is 5.13 Å². The van der Waals surface area contributed by atoms with E-state index >= 15 is 0 Å². The molecule has 1 atom stereocenters. The molecule has 0 radical (unpaired) electrons. The molecule has 1 fully saturated rings. The molecule has 0 saturated carbocycles. The molecule has 8 heteroatoms. The van der Waals surface area contributed by atoms with Gasteiger partial charge in [0, 0.05) is 18.5 Å². The quantitative estimate of drug-likeness (QED) is 0.896. The van der Waals surface area contributed by atoms with Crippen molar-refractivity contribution < 1.29 is 9.53 Å². The van der Waals surface area contributed by atoms with E-state index in [0.29, 0.717) is 11.7 Å². The van der Waals surface area contributed by atoms with Gasteiger partial charge in [0.1, 0.15) is 0 Å². The number of nitrogens with zero attached hydrogens (tertiary/aromatic N) is 4. The van der Waals surface area contributed by atoms with Gasteiger partial charge in [0.05, 0.1) is 30.6 Å². The van der Waals surface area contributed by atoms with Crippen molar-refractivity contribution in [3.8, 4) is 5.88 Å². The number of nitrogens with one attached hydrogen (secondary N) is 1. The number of aromatic nitrogens is 3. The number of carbonyl (C=O) groups excluding carboxylic acids is 1. The van der Waals surface area contributed by atoms with Crippen LogP contribution in [0, 0.1) is 13.8 Å². The van der Waals surface area contributed by atoms with Crippen molar-refractivity contribution in [2.24, 2.45) is 7.05 Å². The predicted octanol–water partition coefficient (Wildman–Crippen LogP) is 2.28. The number of aryl methyl sites for hydroxylation is 3. The van der Waals surface area contributed by atoms with Gasteiger partial charge < -0.3 is 10.1 Å². The maximum Gasteiger partial charge on any atom is 0.240 e. The van der Waals surface area contributed by atoms with Crippen LogP contribution < -0.4 is 10.1 Å². The zero-order valence-electron chi connectivity index (χ0n) is 14.5. The lowest BCUT2D eigenvalue weighted by Gasteiger charge is -2.24. The third kappa shape index (κ3) is 3.29. The van der Waals surface area contributed by atoms with Crippen molar-refractivity contribution >= 4 is 22.4 Å². The van der Waals surface area contributed by atoms with E-state index < -0.39 is 0 Å². The monoisotopic (exact) mass is 349 g/mol. The van der Waals surface area contributed by atoms with Crippen molar-refractivity contribution in [1.29, 1.82) is 0 Å². The molecule has 1 aliphatic rings. The Labute approximate surface area is 145 Å². The van der Waals surface area contributed by atoms with E-state index in [2.05, 4.69) is 20.3 Å². The summed E-state index contributed by atoms with van der Waals surface area (Å²) in [5, 5.41) is 9.94. The number of thiazole rings is 1. The van der Waals surface area contributed by atoms with Crippen LogP contribution in [0.3, 0.4) is 0 Å². The fraction of sp³-hybridized carbons (Fsp3) is 0.562. The minimum absolute atomic E-state index is 0.0308. The maximum atomic E-state index is 12.4. The molecular formula is C16H23N5O2S. The highest BCUT2D eigenvalue weighted by atomic mass is 32.1. The summed E-state index contributed by atoms with van der Waals surface area (Å²) in [6.07, 6.45) is 2.07. The van der Waals surface area contributed by atoms with E-state index in [-0.39, 0.29) is 11.9 Å². The Hall–Kier alpha value is -1.93. The zero-order valence-corrected chi connectivity index (χ0v) is 15.3. The maximum absolute atomic E-state index is 12.4. The number of hydrogen-bond acceptors (Lipinski definition) is 6. The van der Waals surface area contributed by atoms with E-state index in [4.69, 9.17) is 4.74 Å². The molecular weight excluding hydrogens is 326 g/mol. The first-order chi connectivity index (χ1) is 11.5. The zero-order chi connectivity index (χ0) is 17.3. The van der Waals surface area contributed by atoms with Crippen molar-refractivity contribution in [3.63, 3.8) is 0 Å². The summed E-state index contributed by atoms with van der Waals surface area (Å²) in [7, 11) is 3.54. The van der Waals surface area contributed by atoms with Gasteiger partial charge in [-0.2, -0.15) is 5.10 Å². The Bertz CT molecular complexity index is 739. The molecule has 1 aliphatic heterocycles. The van der Waals surface area contributed by atoms with Crippen LogP contribution in [-0.4, -0.2) is 45.8 Å². The predicted molar refractivity (Wildman–Crippen MR) is 93.5 cm³/mol. The fourth-order valence-corrected chi connectivity index (χ4v) is 4.08. The Kier molecular flexibility index (Phi) is 4.86. The van der Waals surface area contributed by atoms with Gasteiger partial charge in [0.25, 0.3) is 0 Å². The van der Waals surface area contributed by atoms with Gasteiger partial charge in [0.2, 0.25) is 11.8 Å². The number of likely N-dealkylation sites (tertiary alicyclic amines) is 1. The summed E-state index contributed by atoms with van der Waals surface area (Å²) >= 11 is 1.45. The van der Waals surface area contributed by atoms with E-state index in [1.165, 1.54) is 11.3 Å². The lowest BCUT2D eigenvalue weighted by molar-refractivity contribution is -0.117. The molecule has 0 aliphatic carbocycles. The van der Waals surface area contributed by atoms with E-state index in [1.54, 1.807) is 11.8 Å². The molecule has 24 heavy (non-hydrogen) atoms. The average molecular weight is 349 g/mol. The van der Waals surface area contributed by atoms with Gasteiger partial charge in [-0.1, -0.05) is 0 Å². The van der Waals surface area contributed by atoms with Crippen molar-refractivity contribution in [2.75, 3.05) is 25.5 Å².